The van der Waals surface area contributed by atoms with Crippen molar-refractivity contribution in [2.45, 2.75) is 13.0 Å². The van der Waals surface area contributed by atoms with E-state index in [2.05, 4.69) is 35.4 Å². The number of rotatable bonds is 4. The Bertz CT molecular complexity index is 821. The Morgan fingerprint density at radius 1 is 0.913 bits per heavy atom. The van der Waals surface area contributed by atoms with Crippen LogP contribution in [0.1, 0.15) is 24.1 Å². The number of hydrogen-bond acceptors (Lipinski definition) is 3. The largest absolute Gasteiger partial charge is 0.362 e. The van der Waals surface area contributed by atoms with Crippen molar-refractivity contribution in [3.05, 3.63) is 83.9 Å². The molecule has 3 nitrogen and oxygen atoms in total. The van der Waals surface area contributed by atoms with E-state index in [1.54, 1.807) is 0 Å². The molecular weight excluding hydrogens is 282 g/mol. The molecule has 1 heterocycles. The molecule has 1 unspecified atom stereocenters. The lowest BCUT2D eigenvalue weighted by Gasteiger charge is -2.16. The van der Waals surface area contributed by atoms with Crippen molar-refractivity contribution in [3.8, 4) is 17.3 Å². The van der Waals surface area contributed by atoms with Gasteiger partial charge in [0.1, 0.15) is 11.9 Å². The third-order valence-corrected chi connectivity index (χ3v) is 3.74. The van der Waals surface area contributed by atoms with Crippen molar-refractivity contribution in [1.29, 1.82) is 5.26 Å². The van der Waals surface area contributed by atoms with Gasteiger partial charge in [0.15, 0.2) is 0 Å². The molecule has 1 N–H and O–H groups in total. The van der Waals surface area contributed by atoms with Crippen molar-refractivity contribution < 1.29 is 0 Å². The van der Waals surface area contributed by atoms with Gasteiger partial charge in [-0.25, -0.2) is 4.98 Å². The Hall–Kier alpha value is -3.12. The van der Waals surface area contributed by atoms with Crippen LogP contribution >= 0.6 is 0 Å². The number of anilines is 1. The molecule has 0 aliphatic carbocycles. The standard InChI is InChI=1S/C20H17N3/c1-15(16-8-4-2-5-9-16)22-20-18(14-21)12-13-19(23-20)17-10-6-3-7-11-17/h2-13,15H,1H3,(H,22,23). The minimum atomic E-state index is 0.0711. The van der Waals surface area contributed by atoms with E-state index in [1.165, 1.54) is 0 Å². The van der Waals surface area contributed by atoms with E-state index in [4.69, 9.17) is 0 Å². The Balaban J connectivity index is 1.93. The number of hydrogen-bond donors (Lipinski definition) is 1. The topological polar surface area (TPSA) is 48.7 Å². The quantitative estimate of drug-likeness (QED) is 0.753. The van der Waals surface area contributed by atoms with Crippen LogP contribution in [-0.4, -0.2) is 4.98 Å². The number of benzene rings is 2. The molecule has 0 fully saturated rings. The molecule has 3 heteroatoms. The summed E-state index contributed by atoms with van der Waals surface area (Å²) >= 11 is 0. The van der Waals surface area contributed by atoms with Gasteiger partial charge in [0.25, 0.3) is 0 Å². The zero-order chi connectivity index (χ0) is 16.1. The lowest BCUT2D eigenvalue weighted by atomic mass is 10.1. The van der Waals surface area contributed by atoms with Crippen LogP contribution in [0.3, 0.4) is 0 Å². The Morgan fingerprint density at radius 2 is 1.57 bits per heavy atom. The van der Waals surface area contributed by atoms with Crippen molar-refractivity contribution in [2.24, 2.45) is 0 Å². The van der Waals surface area contributed by atoms with E-state index in [-0.39, 0.29) is 6.04 Å². The summed E-state index contributed by atoms with van der Waals surface area (Å²) in [7, 11) is 0. The summed E-state index contributed by atoms with van der Waals surface area (Å²) in [6.45, 7) is 2.06. The Labute approximate surface area is 136 Å². The first-order chi connectivity index (χ1) is 11.3. The molecule has 0 spiro atoms. The van der Waals surface area contributed by atoms with E-state index in [1.807, 2.05) is 60.7 Å². The lowest BCUT2D eigenvalue weighted by Crippen LogP contribution is -2.09. The van der Waals surface area contributed by atoms with Gasteiger partial charge in [0.2, 0.25) is 0 Å². The fourth-order valence-electron chi connectivity index (χ4n) is 2.46. The zero-order valence-corrected chi connectivity index (χ0v) is 12.9. The minimum Gasteiger partial charge on any atom is -0.362 e. The van der Waals surface area contributed by atoms with Crippen molar-refractivity contribution in [1.82, 2.24) is 4.98 Å². The van der Waals surface area contributed by atoms with Gasteiger partial charge in [-0.05, 0) is 24.6 Å². The van der Waals surface area contributed by atoms with E-state index in [0.29, 0.717) is 11.4 Å². The van der Waals surface area contributed by atoms with Crippen LogP contribution in [0.15, 0.2) is 72.8 Å². The maximum Gasteiger partial charge on any atom is 0.145 e. The Morgan fingerprint density at radius 3 is 2.22 bits per heavy atom. The van der Waals surface area contributed by atoms with Crippen molar-refractivity contribution in [2.75, 3.05) is 5.32 Å². The number of nitriles is 1. The lowest BCUT2D eigenvalue weighted by molar-refractivity contribution is 0.874. The van der Waals surface area contributed by atoms with E-state index < -0.39 is 0 Å². The second-order valence-corrected chi connectivity index (χ2v) is 5.35. The van der Waals surface area contributed by atoms with Gasteiger partial charge in [-0.1, -0.05) is 60.7 Å². The molecule has 3 rings (SSSR count). The molecule has 0 radical (unpaired) electrons. The molecule has 3 aromatic rings. The van der Waals surface area contributed by atoms with Crippen LogP contribution in [0.4, 0.5) is 5.82 Å². The van der Waals surface area contributed by atoms with Crippen molar-refractivity contribution >= 4 is 5.82 Å². The highest BCUT2D eigenvalue weighted by Gasteiger charge is 2.11. The number of nitrogens with one attached hydrogen (secondary N) is 1. The molecule has 0 bridgehead atoms. The summed E-state index contributed by atoms with van der Waals surface area (Å²) in [5.41, 5.74) is 3.59. The van der Waals surface area contributed by atoms with E-state index in [0.717, 1.165) is 16.8 Å². The second-order valence-electron chi connectivity index (χ2n) is 5.35. The summed E-state index contributed by atoms with van der Waals surface area (Å²) in [6.07, 6.45) is 0. The molecule has 0 saturated heterocycles. The average Bonchev–Trinajstić information content (AvgIpc) is 2.63. The molecule has 0 aliphatic rings. The number of pyridine rings is 1. The van der Waals surface area contributed by atoms with Crippen LogP contribution in [0.5, 0.6) is 0 Å². The van der Waals surface area contributed by atoms with E-state index in [9.17, 15) is 5.26 Å². The van der Waals surface area contributed by atoms with Crippen LogP contribution in [0.25, 0.3) is 11.3 Å². The summed E-state index contributed by atoms with van der Waals surface area (Å²) in [4.78, 5) is 4.65. The minimum absolute atomic E-state index is 0.0711. The Kier molecular flexibility index (Phi) is 4.35. The summed E-state index contributed by atoms with van der Waals surface area (Å²) in [5.74, 6) is 0.616. The molecule has 0 saturated carbocycles. The number of nitrogens with zero attached hydrogens (tertiary/aromatic N) is 2. The number of aromatic nitrogens is 1. The summed E-state index contributed by atoms with van der Waals surface area (Å²) < 4.78 is 0. The predicted octanol–water partition coefficient (Wildman–Crippen LogP) is 4.79. The predicted molar refractivity (Wildman–Crippen MR) is 92.9 cm³/mol. The SMILES string of the molecule is CC(Nc1nc(-c2ccccc2)ccc1C#N)c1ccccc1. The highest BCUT2D eigenvalue weighted by atomic mass is 15.0. The monoisotopic (exact) mass is 299 g/mol. The molecule has 1 atom stereocenters. The van der Waals surface area contributed by atoms with Gasteiger partial charge < -0.3 is 5.32 Å². The average molecular weight is 299 g/mol. The summed E-state index contributed by atoms with van der Waals surface area (Å²) in [6, 6.07) is 26.1. The molecule has 112 valence electrons. The van der Waals surface area contributed by atoms with Crippen LogP contribution in [-0.2, 0) is 0 Å². The van der Waals surface area contributed by atoms with Gasteiger partial charge in [0.05, 0.1) is 11.3 Å². The molecule has 0 amide bonds. The second kappa shape index (κ2) is 6.76. The van der Waals surface area contributed by atoms with Gasteiger partial charge in [0, 0.05) is 11.6 Å². The molecule has 23 heavy (non-hydrogen) atoms. The van der Waals surface area contributed by atoms with Crippen molar-refractivity contribution in [3.63, 3.8) is 0 Å². The van der Waals surface area contributed by atoms with Crippen LogP contribution < -0.4 is 5.32 Å². The third kappa shape index (κ3) is 3.38. The molecule has 2 aromatic carbocycles. The summed E-state index contributed by atoms with van der Waals surface area (Å²) in [5, 5.41) is 12.7. The first kappa shape index (κ1) is 14.8. The smallest absolute Gasteiger partial charge is 0.145 e. The van der Waals surface area contributed by atoms with Crippen LogP contribution in [0.2, 0.25) is 0 Å². The zero-order valence-electron chi connectivity index (χ0n) is 12.9. The van der Waals surface area contributed by atoms with Gasteiger partial charge >= 0.3 is 0 Å². The van der Waals surface area contributed by atoms with Gasteiger partial charge in [-0.3, -0.25) is 0 Å². The maximum atomic E-state index is 9.33. The third-order valence-electron chi connectivity index (χ3n) is 3.74. The van der Waals surface area contributed by atoms with Gasteiger partial charge in [-0.2, -0.15) is 5.26 Å². The molecular formula is C20H17N3. The maximum absolute atomic E-state index is 9.33. The highest BCUT2D eigenvalue weighted by Crippen LogP contribution is 2.24. The van der Waals surface area contributed by atoms with Crippen LogP contribution in [0, 0.1) is 11.3 Å². The normalized spacial score (nSPS) is 11.5. The fraction of sp³-hybridized carbons (Fsp3) is 0.100. The van der Waals surface area contributed by atoms with Gasteiger partial charge in [-0.15, -0.1) is 0 Å². The first-order valence-electron chi connectivity index (χ1n) is 7.56. The fourth-order valence-corrected chi connectivity index (χ4v) is 2.46. The molecule has 0 aliphatic heterocycles. The molecule has 1 aromatic heterocycles. The first-order valence-corrected chi connectivity index (χ1v) is 7.56. The van der Waals surface area contributed by atoms with E-state index >= 15 is 0 Å². The highest BCUT2D eigenvalue weighted by molar-refractivity contribution is 5.65.